The van der Waals surface area contributed by atoms with Crippen molar-refractivity contribution in [1.82, 2.24) is 0 Å². The zero-order chi connectivity index (χ0) is 15.4. The summed E-state index contributed by atoms with van der Waals surface area (Å²) in [5.74, 6) is 2.04. The van der Waals surface area contributed by atoms with Crippen LogP contribution in [-0.2, 0) is 5.75 Å². The van der Waals surface area contributed by atoms with Gasteiger partial charge in [0, 0.05) is 22.6 Å². The van der Waals surface area contributed by atoms with Gasteiger partial charge in [0.15, 0.2) is 11.5 Å². The van der Waals surface area contributed by atoms with Crippen LogP contribution in [0.1, 0.15) is 22.3 Å². The molecule has 0 aliphatic carbocycles. The van der Waals surface area contributed by atoms with Crippen LogP contribution in [0.3, 0.4) is 0 Å². The number of thioether (sulfide) groups is 1. The van der Waals surface area contributed by atoms with Gasteiger partial charge in [-0.2, -0.15) is 0 Å². The first-order valence-electron chi connectivity index (χ1n) is 7.13. The lowest BCUT2D eigenvalue weighted by atomic mass is 10.1. The Morgan fingerprint density at radius 1 is 1.05 bits per heavy atom. The van der Waals surface area contributed by atoms with Crippen molar-refractivity contribution in [2.75, 3.05) is 13.2 Å². The highest BCUT2D eigenvalue weighted by Gasteiger charge is 2.11. The molecule has 0 bridgehead atoms. The van der Waals surface area contributed by atoms with Gasteiger partial charge >= 0.3 is 0 Å². The lowest BCUT2D eigenvalue weighted by molar-refractivity contribution is 0.100. The van der Waals surface area contributed by atoms with Crippen molar-refractivity contribution in [2.45, 2.75) is 17.1 Å². The van der Waals surface area contributed by atoms with E-state index in [0.717, 1.165) is 34.1 Å². The van der Waals surface area contributed by atoms with E-state index in [4.69, 9.17) is 15.2 Å². The monoisotopic (exact) mass is 315 g/mol. The van der Waals surface area contributed by atoms with Crippen LogP contribution < -0.4 is 15.2 Å². The molecule has 0 atom stereocenters. The molecule has 5 heteroatoms. The van der Waals surface area contributed by atoms with E-state index in [9.17, 15) is 4.79 Å². The van der Waals surface area contributed by atoms with Gasteiger partial charge in [-0.25, -0.2) is 0 Å². The van der Waals surface area contributed by atoms with Crippen molar-refractivity contribution in [3.8, 4) is 11.5 Å². The van der Waals surface area contributed by atoms with Gasteiger partial charge < -0.3 is 15.2 Å². The number of fused-ring (bicyclic) bond motifs is 1. The van der Waals surface area contributed by atoms with Crippen LogP contribution in [0.15, 0.2) is 47.4 Å². The molecule has 3 rings (SSSR count). The summed E-state index contributed by atoms with van der Waals surface area (Å²) in [6, 6.07) is 13.4. The predicted octanol–water partition coefficient (Wildman–Crippen LogP) is 3.24. The molecule has 0 fully saturated rings. The Kier molecular flexibility index (Phi) is 4.53. The minimum absolute atomic E-state index is 0.401. The van der Waals surface area contributed by atoms with Gasteiger partial charge in [0.1, 0.15) is 0 Å². The minimum Gasteiger partial charge on any atom is -0.490 e. The van der Waals surface area contributed by atoms with Gasteiger partial charge in [-0.3, -0.25) is 4.79 Å². The molecule has 1 aliphatic rings. The van der Waals surface area contributed by atoms with Gasteiger partial charge in [0.05, 0.1) is 13.2 Å². The van der Waals surface area contributed by atoms with E-state index in [1.165, 1.54) is 0 Å². The van der Waals surface area contributed by atoms with Crippen LogP contribution in [0.5, 0.6) is 11.5 Å². The molecule has 2 N–H and O–H groups in total. The number of primary amides is 1. The number of amides is 1. The molecule has 1 amide bonds. The Bertz CT molecular complexity index is 670. The van der Waals surface area contributed by atoms with Crippen LogP contribution in [-0.4, -0.2) is 19.1 Å². The summed E-state index contributed by atoms with van der Waals surface area (Å²) in [7, 11) is 0. The number of hydrogen-bond donors (Lipinski definition) is 1. The normalized spacial score (nSPS) is 13.5. The number of hydrogen-bond acceptors (Lipinski definition) is 4. The summed E-state index contributed by atoms with van der Waals surface area (Å²) in [6.07, 6.45) is 0.906. The van der Waals surface area contributed by atoms with Crippen molar-refractivity contribution >= 4 is 17.7 Å². The smallest absolute Gasteiger partial charge is 0.248 e. The second-order valence-electron chi connectivity index (χ2n) is 5.01. The van der Waals surface area contributed by atoms with Crippen LogP contribution in [0.2, 0.25) is 0 Å². The van der Waals surface area contributed by atoms with Crippen molar-refractivity contribution < 1.29 is 14.3 Å². The van der Waals surface area contributed by atoms with Crippen LogP contribution in [0, 0.1) is 0 Å². The van der Waals surface area contributed by atoms with E-state index in [2.05, 4.69) is 0 Å². The van der Waals surface area contributed by atoms with Gasteiger partial charge in [-0.05, 0) is 35.9 Å². The fraction of sp³-hybridized carbons (Fsp3) is 0.235. The Balaban J connectivity index is 1.66. The van der Waals surface area contributed by atoms with Gasteiger partial charge in [-0.15, -0.1) is 11.8 Å². The molecular formula is C17H17NO3S. The summed E-state index contributed by atoms with van der Waals surface area (Å²) < 4.78 is 11.3. The molecule has 0 spiro atoms. The Hall–Kier alpha value is -2.14. The Labute approximate surface area is 133 Å². The first-order valence-corrected chi connectivity index (χ1v) is 8.12. The van der Waals surface area contributed by atoms with Crippen molar-refractivity contribution in [1.29, 1.82) is 0 Å². The highest BCUT2D eigenvalue weighted by Crippen LogP contribution is 2.34. The molecular weight excluding hydrogens is 298 g/mol. The van der Waals surface area contributed by atoms with Crippen molar-refractivity contribution in [2.24, 2.45) is 5.73 Å². The van der Waals surface area contributed by atoms with E-state index in [1.54, 1.807) is 23.9 Å². The SMILES string of the molecule is NC(=O)c1ccc(CSc2ccc3c(c2)OCCCO3)cc1. The number of benzene rings is 2. The third-order valence-electron chi connectivity index (χ3n) is 3.36. The Morgan fingerprint density at radius 3 is 2.50 bits per heavy atom. The maximum atomic E-state index is 11.0. The quantitative estimate of drug-likeness (QED) is 0.880. The van der Waals surface area contributed by atoms with Crippen molar-refractivity contribution in [3.63, 3.8) is 0 Å². The van der Waals surface area contributed by atoms with E-state index in [-0.39, 0.29) is 0 Å². The molecule has 1 aliphatic heterocycles. The number of nitrogens with two attached hydrogens (primary N) is 1. The molecule has 1 heterocycles. The summed E-state index contributed by atoms with van der Waals surface area (Å²) in [5, 5.41) is 0. The molecule has 0 unspecified atom stereocenters. The maximum Gasteiger partial charge on any atom is 0.248 e. The standard InChI is InChI=1S/C17H17NO3S/c18-17(19)13-4-2-12(3-5-13)11-22-14-6-7-15-16(10-14)21-9-1-8-20-15/h2-7,10H,1,8-9,11H2,(H2,18,19). The van der Waals surface area contributed by atoms with E-state index in [0.29, 0.717) is 18.8 Å². The first kappa shape index (κ1) is 14.8. The molecule has 22 heavy (non-hydrogen) atoms. The van der Waals surface area contributed by atoms with E-state index < -0.39 is 5.91 Å². The van der Waals surface area contributed by atoms with Crippen molar-refractivity contribution in [3.05, 3.63) is 53.6 Å². The lowest BCUT2D eigenvalue weighted by Crippen LogP contribution is -2.10. The molecule has 2 aromatic carbocycles. The molecule has 114 valence electrons. The maximum absolute atomic E-state index is 11.0. The Morgan fingerprint density at radius 2 is 1.77 bits per heavy atom. The minimum atomic E-state index is -0.401. The van der Waals surface area contributed by atoms with E-state index in [1.807, 2.05) is 30.3 Å². The first-order chi connectivity index (χ1) is 10.7. The topological polar surface area (TPSA) is 61.6 Å². The van der Waals surface area contributed by atoms with Gasteiger partial charge in [-0.1, -0.05) is 12.1 Å². The van der Waals surface area contributed by atoms with Gasteiger partial charge in [0.25, 0.3) is 0 Å². The molecule has 4 nitrogen and oxygen atoms in total. The molecule has 0 saturated carbocycles. The van der Waals surface area contributed by atoms with Crippen LogP contribution >= 0.6 is 11.8 Å². The predicted molar refractivity (Wildman–Crippen MR) is 86.6 cm³/mol. The van der Waals surface area contributed by atoms with Crippen LogP contribution in [0.25, 0.3) is 0 Å². The average Bonchev–Trinajstić information content (AvgIpc) is 2.78. The molecule has 0 saturated heterocycles. The molecule has 2 aromatic rings. The summed E-state index contributed by atoms with van der Waals surface area (Å²) in [6.45, 7) is 1.39. The number of carbonyl (C=O) groups excluding carboxylic acids is 1. The van der Waals surface area contributed by atoms with Crippen LogP contribution in [0.4, 0.5) is 0 Å². The second kappa shape index (κ2) is 6.75. The zero-order valence-corrected chi connectivity index (χ0v) is 12.9. The number of carbonyl (C=O) groups is 1. The fourth-order valence-electron chi connectivity index (χ4n) is 2.17. The third kappa shape index (κ3) is 3.54. The highest BCUT2D eigenvalue weighted by molar-refractivity contribution is 7.98. The number of rotatable bonds is 4. The third-order valence-corrected chi connectivity index (χ3v) is 4.43. The largest absolute Gasteiger partial charge is 0.490 e. The highest BCUT2D eigenvalue weighted by atomic mass is 32.2. The molecule has 0 aromatic heterocycles. The average molecular weight is 315 g/mol. The zero-order valence-electron chi connectivity index (χ0n) is 12.1. The number of ether oxygens (including phenoxy) is 2. The lowest BCUT2D eigenvalue weighted by Gasteiger charge is -2.09. The molecule has 0 radical (unpaired) electrons. The fourth-order valence-corrected chi connectivity index (χ4v) is 3.05. The summed E-state index contributed by atoms with van der Waals surface area (Å²) in [4.78, 5) is 12.2. The second-order valence-corrected chi connectivity index (χ2v) is 6.06. The van der Waals surface area contributed by atoms with Gasteiger partial charge in [0.2, 0.25) is 5.91 Å². The van der Waals surface area contributed by atoms with E-state index >= 15 is 0 Å². The summed E-state index contributed by atoms with van der Waals surface area (Å²) >= 11 is 1.72. The summed E-state index contributed by atoms with van der Waals surface area (Å²) in [5.41, 5.74) is 6.91.